The van der Waals surface area contributed by atoms with Crippen molar-refractivity contribution >= 4 is 50.5 Å². The molecule has 1 atom stereocenters. The number of carbonyl (C=O) groups is 1. The molecule has 0 spiro atoms. The normalized spacial score (nSPS) is 19.7. The molecule has 136 valence electrons. The summed E-state index contributed by atoms with van der Waals surface area (Å²) in [6.45, 7) is 1.58. The van der Waals surface area contributed by atoms with Crippen LogP contribution in [0.4, 0.5) is 10.5 Å². The smallest absolute Gasteiger partial charge is 0.297 e. The standard InChI is InChI=1S/C17H14Cl2N2O4S/c1-10-8-15(14-9-12(19)4-7-16(14)26(10,23)24)21-25-17(22)20-13-5-2-11(18)3-6-13/h2-7,9-10H,8H2,1H3,(H,20,22)/b21-15-/t10-/m1/s1. The highest BCUT2D eigenvalue weighted by Gasteiger charge is 2.34. The molecule has 0 saturated carbocycles. The van der Waals surface area contributed by atoms with Crippen LogP contribution in [0.1, 0.15) is 18.9 Å². The van der Waals surface area contributed by atoms with Gasteiger partial charge in [-0.3, -0.25) is 10.2 Å². The van der Waals surface area contributed by atoms with E-state index in [1.54, 1.807) is 31.2 Å². The van der Waals surface area contributed by atoms with Gasteiger partial charge in [-0.25, -0.2) is 13.2 Å². The second-order valence-corrected chi connectivity index (χ2v) is 8.96. The number of fused-ring (bicyclic) bond motifs is 1. The van der Waals surface area contributed by atoms with E-state index < -0.39 is 21.2 Å². The second-order valence-electron chi connectivity index (χ2n) is 5.75. The Morgan fingerprint density at radius 3 is 2.50 bits per heavy atom. The number of oxime groups is 1. The Morgan fingerprint density at radius 2 is 1.81 bits per heavy atom. The fraction of sp³-hybridized carbons (Fsp3) is 0.176. The molecule has 0 unspecified atom stereocenters. The molecule has 9 heteroatoms. The van der Waals surface area contributed by atoms with Gasteiger partial charge in [0.05, 0.1) is 15.9 Å². The van der Waals surface area contributed by atoms with Crippen LogP contribution in [0.3, 0.4) is 0 Å². The molecular formula is C17H14Cl2N2O4S. The van der Waals surface area contributed by atoms with E-state index in [-0.39, 0.29) is 11.3 Å². The largest absolute Gasteiger partial charge is 0.437 e. The van der Waals surface area contributed by atoms with Gasteiger partial charge in [-0.2, -0.15) is 0 Å². The van der Waals surface area contributed by atoms with Gasteiger partial charge >= 0.3 is 6.09 Å². The number of rotatable bonds is 2. The van der Waals surface area contributed by atoms with E-state index in [4.69, 9.17) is 28.0 Å². The molecule has 0 radical (unpaired) electrons. The maximum atomic E-state index is 12.4. The first-order valence-corrected chi connectivity index (χ1v) is 9.92. The Bertz CT molecular complexity index is 988. The SMILES string of the molecule is C[C@@H]1C/C(=N/OC(=O)Nc2ccc(Cl)cc2)c2cc(Cl)ccc2S1(=O)=O. The number of nitrogens with one attached hydrogen (secondary N) is 1. The van der Waals surface area contributed by atoms with Crippen molar-refractivity contribution in [2.24, 2.45) is 5.16 Å². The molecule has 1 aliphatic heterocycles. The zero-order chi connectivity index (χ0) is 18.9. The number of carbonyl (C=O) groups excluding carboxylic acids is 1. The van der Waals surface area contributed by atoms with Crippen LogP contribution < -0.4 is 5.32 Å². The van der Waals surface area contributed by atoms with Gasteiger partial charge in [-0.15, -0.1) is 0 Å². The fourth-order valence-electron chi connectivity index (χ4n) is 2.54. The van der Waals surface area contributed by atoms with Crippen LogP contribution in [0.25, 0.3) is 0 Å². The van der Waals surface area contributed by atoms with Crippen LogP contribution in [0.2, 0.25) is 10.0 Å². The number of sulfone groups is 1. The molecule has 1 aliphatic rings. The van der Waals surface area contributed by atoms with Crippen molar-refractivity contribution in [3.63, 3.8) is 0 Å². The Labute approximate surface area is 160 Å². The molecule has 0 bridgehead atoms. The van der Waals surface area contributed by atoms with Gasteiger partial charge in [-0.1, -0.05) is 28.4 Å². The number of amides is 1. The molecule has 3 rings (SSSR count). The van der Waals surface area contributed by atoms with Crippen molar-refractivity contribution in [3.05, 3.63) is 58.1 Å². The zero-order valence-corrected chi connectivity index (χ0v) is 15.9. The van der Waals surface area contributed by atoms with Gasteiger partial charge in [0, 0.05) is 27.7 Å². The minimum Gasteiger partial charge on any atom is -0.297 e. The minimum atomic E-state index is -3.47. The summed E-state index contributed by atoms with van der Waals surface area (Å²) < 4.78 is 24.9. The lowest BCUT2D eigenvalue weighted by Crippen LogP contribution is -2.30. The predicted octanol–water partition coefficient (Wildman–Crippen LogP) is 4.51. The van der Waals surface area contributed by atoms with Gasteiger partial charge in [0.15, 0.2) is 9.84 Å². The lowest BCUT2D eigenvalue weighted by Gasteiger charge is -2.23. The van der Waals surface area contributed by atoms with Crippen molar-refractivity contribution < 1.29 is 18.0 Å². The molecule has 1 heterocycles. The summed E-state index contributed by atoms with van der Waals surface area (Å²) in [6.07, 6.45) is -0.686. The Balaban J connectivity index is 1.83. The van der Waals surface area contributed by atoms with Gasteiger partial charge in [0.2, 0.25) is 0 Å². The van der Waals surface area contributed by atoms with Crippen molar-refractivity contribution in [1.82, 2.24) is 0 Å². The second kappa shape index (κ2) is 7.26. The number of hydrogen-bond acceptors (Lipinski definition) is 5. The number of halogens is 2. The number of hydrogen-bond donors (Lipinski definition) is 1. The summed E-state index contributed by atoms with van der Waals surface area (Å²) in [6, 6.07) is 10.9. The van der Waals surface area contributed by atoms with Gasteiger partial charge < -0.3 is 0 Å². The summed E-state index contributed by atoms with van der Waals surface area (Å²) in [7, 11) is -3.47. The van der Waals surface area contributed by atoms with E-state index in [2.05, 4.69) is 10.5 Å². The summed E-state index contributed by atoms with van der Waals surface area (Å²) in [5.74, 6) is 0. The maximum Gasteiger partial charge on any atom is 0.437 e. The Kier molecular flexibility index (Phi) is 5.22. The third-order valence-corrected chi connectivity index (χ3v) is 6.58. The maximum absolute atomic E-state index is 12.4. The van der Waals surface area contributed by atoms with E-state index in [0.29, 0.717) is 27.0 Å². The predicted molar refractivity (Wildman–Crippen MR) is 101 cm³/mol. The fourth-order valence-corrected chi connectivity index (χ4v) is 4.39. The number of nitrogens with zero attached hydrogens (tertiary/aromatic N) is 1. The molecule has 6 nitrogen and oxygen atoms in total. The minimum absolute atomic E-state index is 0.115. The van der Waals surface area contributed by atoms with Gasteiger partial charge in [-0.05, 0) is 49.4 Å². The van der Waals surface area contributed by atoms with Crippen molar-refractivity contribution in [2.45, 2.75) is 23.5 Å². The first kappa shape index (κ1) is 18.7. The van der Waals surface area contributed by atoms with Gasteiger partial charge in [0.25, 0.3) is 0 Å². The third-order valence-electron chi connectivity index (χ3n) is 3.90. The average Bonchev–Trinajstić information content (AvgIpc) is 2.59. The highest BCUT2D eigenvalue weighted by atomic mass is 35.5. The molecule has 0 fully saturated rings. The van der Waals surface area contributed by atoms with Crippen molar-refractivity contribution in [3.8, 4) is 0 Å². The molecule has 26 heavy (non-hydrogen) atoms. The van der Waals surface area contributed by atoms with Crippen LogP contribution in [0.15, 0.2) is 52.5 Å². The Hall–Kier alpha value is -2.09. The van der Waals surface area contributed by atoms with Crippen molar-refractivity contribution in [1.29, 1.82) is 0 Å². The van der Waals surface area contributed by atoms with Gasteiger partial charge in [0.1, 0.15) is 0 Å². The number of anilines is 1. The zero-order valence-electron chi connectivity index (χ0n) is 13.6. The van der Waals surface area contributed by atoms with E-state index >= 15 is 0 Å². The molecule has 1 N–H and O–H groups in total. The van der Waals surface area contributed by atoms with Crippen LogP contribution in [0, 0.1) is 0 Å². The van der Waals surface area contributed by atoms with Crippen LogP contribution in [0.5, 0.6) is 0 Å². The first-order valence-electron chi connectivity index (χ1n) is 7.61. The summed E-state index contributed by atoms with van der Waals surface area (Å²) in [5, 5.41) is 6.57. The summed E-state index contributed by atoms with van der Waals surface area (Å²) in [4.78, 5) is 16.9. The molecule has 1 amide bonds. The summed E-state index contributed by atoms with van der Waals surface area (Å²) >= 11 is 11.8. The van der Waals surface area contributed by atoms with Crippen LogP contribution in [-0.2, 0) is 14.7 Å². The molecule has 0 aromatic heterocycles. The highest BCUT2D eigenvalue weighted by Crippen LogP contribution is 2.32. The van der Waals surface area contributed by atoms with E-state index in [0.717, 1.165) is 0 Å². The molecule has 0 aliphatic carbocycles. The summed E-state index contributed by atoms with van der Waals surface area (Å²) in [5.41, 5.74) is 1.17. The van der Waals surface area contributed by atoms with Crippen LogP contribution >= 0.6 is 23.2 Å². The Morgan fingerprint density at radius 1 is 1.15 bits per heavy atom. The van der Waals surface area contributed by atoms with E-state index in [9.17, 15) is 13.2 Å². The highest BCUT2D eigenvalue weighted by molar-refractivity contribution is 7.92. The monoisotopic (exact) mass is 412 g/mol. The van der Waals surface area contributed by atoms with E-state index in [1.165, 1.54) is 18.2 Å². The number of benzene rings is 2. The van der Waals surface area contributed by atoms with Crippen molar-refractivity contribution in [2.75, 3.05) is 5.32 Å². The first-order chi connectivity index (χ1) is 12.3. The lowest BCUT2D eigenvalue weighted by atomic mass is 10.1. The molecule has 2 aromatic rings. The quantitative estimate of drug-likeness (QED) is 0.580. The molecular weight excluding hydrogens is 399 g/mol. The topological polar surface area (TPSA) is 84.8 Å². The van der Waals surface area contributed by atoms with E-state index in [1.807, 2.05) is 0 Å². The lowest BCUT2D eigenvalue weighted by molar-refractivity contribution is 0.166. The molecule has 0 saturated heterocycles. The van der Waals surface area contributed by atoms with Crippen LogP contribution in [-0.4, -0.2) is 25.5 Å². The molecule has 2 aromatic carbocycles. The third kappa shape index (κ3) is 3.85. The average molecular weight is 413 g/mol.